The maximum atomic E-state index is 4.57. The molecule has 0 atom stereocenters. The number of nitrogens with zero attached hydrogens (tertiary/aromatic N) is 2. The zero-order valence-electron chi connectivity index (χ0n) is 16.1. The van der Waals surface area contributed by atoms with Crippen LogP contribution in [0.4, 0.5) is 0 Å². The number of rotatable bonds is 4. The molecule has 2 nitrogen and oxygen atoms in total. The molecule has 5 rings (SSSR count). The predicted molar refractivity (Wildman–Crippen MR) is 113 cm³/mol. The Hall–Kier alpha value is -2.35. The topological polar surface area (TPSA) is 17.8 Å². The second-order valence-corrected chi connectivity index (χ2v) is 6.11. The van der Waals surface area contributed by atoms with E-state index in [9.17, 15) is 0 Å². The Kier molecular flexibility index (Phi) is 12.4. The molecule has 0 amide bonds. The molecule has 4 aromatic carbocycles. The van der Waals surface area contributed by atoms with E-state index in [1.807, 2.05) is 83.7 Å². The molecule has 150 valence electrons. The van der Waals surface area contributed by atoms with E-state index in [1.54, 1.807) is 0 Å². The first kappa shape index (κ1) is 24.7. The Morgan fingerprint density at radius 1 is 0.724 bits per heavy atom. The molecule has 4 heteroatoms. The SMILES string of the molecule is [Fe+2].[Fe+2].c1cc[c-](CCn2ccc(-[c-]3cccc3)n2)c1.c1cc[cH-]c1.c1cc[cH-]c1. The molecular formula is C25H24Fe2N2. The van der Waals surface area contributed by atoms with E-state index in [0.29, 0.717) is 0 Å². The normalized spacial score (nSPS) is 9.10. The summed E-state index contributed by atoms with van der Waals surface area (Å²) in [4.78, 5) is 0. The molecule has 29 heavy (non-hydrogen) atoms. The Bertz CT molecular complexity index is 853. The molecule has 0 saturated carbocycles. The molecular weight excluding hydrogens is 440 g/mol. The van der Waals surface area contributed by atoms with Crippen molar-refractivity contribution in [1.29, 1.82) is 0 Å². The molecule has 0 aliphatic heterocycles. The van der Waals surface area contributed by atoms with Crippen molar-refractivity contribution in [3.8, 4) is 11.3 Å². The smallest absolute Gasteiger partial charge is 0.284 e. The first-order chi connectivity index (χ1) is 13.4. The minimum atomic E-state index is 0. The van der Waals surface area contributed by atoms with Crippen molar-refractivity contribution < 1.29 is 34.1 Å². The van der Waals surface area contributed by atoms with Gasteiger partial charge in [0.2, 0.25) is 0 Å². The Labute approximate surface area is 194 Å². The summed E-state index contributed by atoms with van der Waals surface area (Å²) in [5.74, 6) is 0. The summed E-state index contributed by atoms with van der Waals surface area (Å²) >= 11 is 0. The van der Waals surface area contributed by atoms with Crippen LogP contribution in [0.25, 0.3) is 11.3 Å². The summed E-state index contributed by atoms with van der Waals surface area (Å²) in [7, 11) is 0. The molecule has 0 saturated heterocycles. The minimum absolute atomic E-state index is 0. The molecule has 0 bridgehead atoms. The Balaban J connectivity index is 0.000000290. The molecule has 0 N–H and O–H groups in total. The van der Waals surface area contributed by atoms with Gasteiger partial charge >= 0.3 is 34.1 Å². The number of aryl methyl sites for hydroxylation is 2. The first-order valence-electron chi connectivity index (χ1n) is 9.21. The van der Waals surface area contributed by atoms with E-state index in [4.69, 9.17) is 0 Å². The molecule has 0 spiro atoms. The fourth-order valence-corrected chi connectivity index (χ4v) is 2.65. The second-order valence-electron chi connectivity index (χ2n) is 6.11. The summed E-state index contributed by atoms with van der Waals surface area (Å²) in [6, 6.07) is 38.8. The average Bonchev–Trinajstić information content (AvgIpc) is 3.55. The van der Waals surface area contributed by atoms with Crippen molar-refractivity contribution >= 4 is 0 Å². The van der Waals surface area contributed by atoms with E-state index < -0.39 is 0 Å². The van der Waals surface area contributed by atoms with Gasteiger partial charge in [-0.3, -0.25) is 4.68 Å². The zero-order chi connectivity index (χ0) is 18.6. The quantitative estimate of drug-likeness (QED) is 0.235. The fourth-order valence-electron chi connectivity index (χ4n) is 2.65. The molecule has 0 aliphatic rings. The summed E-state index contributed by atoms with van der Waals surface area (Å²) in [6.45, 7) is 0.935. The van der Waals surface area contributed by atoms with E-state index in [0.717, 1.165) is 18.7 Å². The fraction of sp³-hybridized carbons (Fsp3) is 0.0800. The monoisotopic (exact) mass is 464 g/mol. The molecule has 0 unspecified atom stereocenters. The van der Waals surface area contributed by atoms with Crippen LogP contribution >= 0.6 is 0 Å². The second kappa shape index (κ2) is 14.6. The molecule has 1 heterocycles. The predicted octanol–water partition coefficient (Wildman–Crippen LogP) is 6.04. The minimum Gasteiger partial charge on any atom is -0.284 e. The van der Waals surface area contributed by atoms with Crippen molar-refractivity contribution in [2.24, 2.45) is 0 Å². The van der Waals surface area contributed by atoms with Gasteiger partial charge in [0.25, 0.3) is 0 Å². The van der Waals surface area contributed by atoms with Crippen LogP contribution in [0.15, 0.2) is 121 Å². The van der Waals surface area contributed by atoms with Crippen molar-refractivity contribution in [2.75, 3.05) is 0 Å². The third kappa shape index (κ3) is 9.12. The molecule has 0 fully saturated rings. The third-order valence-corrected chi connectivity index (χ3v) is 4.07. The molecule has 1 aromatic heterocycles. The van der Waals surface area contributed by atoms with Gasteiger partial charge in [0.15, 0.2) is 0 Å². The van der Waals surface area contributed by atoms with Crippen LogP contribution in [0.1, 0.15) is 5.56 Å². The van der Waals surface area contributed by atoms with Gasteiger partial charge in [-0.25, -0.2) is 36.4 Å². The van der Waals surface area contributed by atoms with E-state index >= 15 is 0 Å². The first-order valence-corrected chi connectivity index (χ1v) is 9.21. The summed E-state index contributed by atoms with van der Waals surface area (Å²) in [5, 5.41) is 4.57. The van der Waals surface area contributed by atoms with Gasteiger partial charge in [-0.05, 0) is 6.20 Å². The van der Waals surface area contributed by atoms with Gasteiger partial charge in [0.1, 0.15) is 0 Å². The standard InChI is InChI=1S/C15H14N2.2C5H5.2Fe/c1-2-6-13(5-1)9-11-17-12-10-15(16-17)14-7-3-4-8-14;2*1-2-4-5-3-1;;/h1-8,10,12H,9,11H2;2*1-5H;;/q-2;2*-1;2*+2. The van der Waals surface area contributed by atoms with Crippen molar-refractivity contribution in [2.45, 2.75) is 13.0 Å². The van der Waals surface area contributed by atoms with Gasteiger partial charge in [-0.15, -0.1) is 12.1 Å². The Morgan fingerprint density at radius 2 is 1.24 bits per heavy atom. The van der Waals surface area contributed by atoms with Crippen LogP contribution in [0.5, 0.6) is 0 Å². The van der Waals surface area contributed by atoms with Crippen molar-refractivity contribution in [3.05, 3.63) is 127 Å². The van der Waals surface area contributed by atoms with Crippen LogP contribution in [0, 0.1) is 0 Å². The number of aromatic nitrogens is 2. The molecule has 5 aromatic rings. The van der Waals surface area contributed by atoms with Crippen molar-refractivity contribution in [1.82, 2.24) is 9.78 Å². The van der Waals surface area contributed by atoms with Gasteiger partial charge < -0.3 is 0 Å². The van der Waals surface area contributed by atoms with Crippen LogP contribution in [-0.2, 0) is 47.1 Å². The third-order valence-electron chi connectivity index (χ3n) is 4.07. The Morgan fingerprint density at radius 3 is 1.72 bits per heavy atom. The van der Waals surface area contributed by atoms with Crippen molar-refractivity contribution in [3.63, 3.8) is 0 Å². The van der Waals surface area contributed by atoms with E-state index in [1.165, 1.54) is 11.1 Å². The maximum absolute atomic E-state index is 4.57. The van der Waals surface area contributed by atoms with Crippen LogP contribution in [-0.4, -0.2) is 9.78 Å². The van der Waals surface area contributed by atoms with Crippen LogP contribution in [0.2, 0.25) is 0 Å². The number of hydrogen-bond acceptors (Lipinski definition) is 1. The summed E-state index contributed by atoms with van der Waals surface area (Å²) in [5.41, 5.74) is 3.62. The summed E-state index contributed by atoms with van der Waals surface area (Å²) < 4.78 is 2.01. The van der Waals surface area contributed by atoms with E-state index in [-0.39, 0.29) is 34.1 Å². The maximum Gasteiger partial charge on any atom is 2.00 e. The largest absolute Gasteiger partial charge is 2.00 e. The zero-order valence-corrected chi connectivity index (χ0v) is 18.3. The van der Waals surface area contributed by atoms with Gasteiger partial charge in [-0.2, -0.15) is 71.3 Å². The average molecular weight is 464 g/mol. The van der Waals surface area contributed by atoms with Crippen LogP contribution in [0.3, 0.4) is 0 Å². The summed E-state index contributed by atoms with van der Waals surface area (Å²) in [6.07, 6.45) is 3.08. The number of hydrogen-bond donors (Lipinski definition) is 0. The molecule has 0 radical (unpaired) electrons. The van der Waals surface area contributed by atoms with Gasteiger partial charge in [0, 0.05) is 12.2 Å². The van der Waals surface area contributed by atoms with Crippen LogP contribution < -0.4 is 0 Å². The molecule has 0 aliphatic carbocycles. The van der Waals surface area contributed by atoms with E-state index in [2.05, 4.69) is 47.6 Å². The van der Waals surface area contributed by atoms with Gasteiger partial charge in [-0.1, -0.05) is 18.1 Å². The van der Waals surface area contributed by atoms with Gasteiger partial charge in [0.05, 0.1) is 0 Å².